The van der Waals surface area contributed by atoms with Gasteiger partial charge in [-0.1, -0.05) is 152 Å². The molecule has 4 heterocycles. The Bertz CT molecular complexity index is 3150. The number of hydrogen-bond donors (Lipinski definition) is 0. The lowest BCUT2D eigenvalue weighted by Gasteiger charge is -2.15. The van der Waals surface area contributed by atoms with E-state index in [0.29, 0.717) is 0 Å². The fourth-order valence-electron chi connectivity index (χ4n) is 8.37. The van der Waals surface area contributed by atoms with Crippen LogP contribution in [0, 0.1) is 0 Å². The summed E-state index contributed by atoms with van der Waals surface area (Å²) in [5, 5.41) is 4.71. The number of benzene rings is 7. The molecule has 0 radical (unpaired) electrons. The average Bonchev–Trinajstić information content (AvgIpc) is 3.80. The molecule has 262 valence electrons. The fraction of sp³-hybridized carbons (Fsp3) is 0. The minimum Gasteiger partial charge on any atom is -0.307 e. The predicted molar refractivity (Wildman–Crippen MR) is 232 cm³/mol. The largest absolute Gasteiger partial charge is 0.307 e. The Morgan fingerprint density at radius 1 is 0.321 bits per heavy atom. The molecule has 4 heteroatoms. The quantitative estimate of drug-likeness (QED) is 0.172. The second-order valence-corrected chi connectivity index (χ2v) is 14.2. The average molecular weight is 715 g/mol. The highest BCUT2D eigenvalue weighted by Crippen LogP contribution is 2.44. The third-order valence-electron chi connectivity index (χ3n) is 11.0. The SMILES string of the molecule is c1ccc(-c2ccc3c(c2)c2ccc4c5cc(-c6ccccc6)ccc5n(-c5ccccn5)c4c2n3-c2cc(-c3ccccc3)nc(-c3ccccc3)c2)cc1. The van der Waals surface area contributed by atoms with Crippen LogP contribution < -0.4 is 0 Å². The number of pyridine rings is 2. The zero-order chi connectivity index (χ0) is 37.0. The lowest BCUT2D eigenvalue weighted by molar-refractivity contribution is 1.08. The number of aromatic nitrogens is 4. The van der Waals surface area contributed by atoms with Crippen LogP contribution in [0.25, 0.3) is 99.9 Å². The van der Waals surface area contributed by atoms with Crippen LogP contribution in [0.4, 0.5) is 0 Å². The van der Waals surface area contributed by atoms with E-state index in [1.807, 2.05) is 12.3 Å². The van der Waals surface area contributed by atoms with Crippen molar-refractivity contribution in [3.8, 4) is 56.3 Å². The van der Waals surface area contributed by atoms with E-state index in [1.165, 1.54) is 43.8 Å². The summed E-state index contributed by atoms with van der Waals surface area (Å²) < 4.78 is 4.81. The van der Waals surface area contributed by atoms with Crippen LogP contribution >= 0.6 is 0 Å². The standard InChI is InChI=1S/C52H34N4/c1-5-15-35(16-6-1)39-24-28-48-44(31-39)42-26-27-43-45-32-40(36-17-7-2-8-18-36)25-29-49(45)56(50-23-13-14-30-53-50)52(43)51(42)55(48)41-33-46(37-19-9-3-10-20-37)54-47(34-41)38-21-11-4-12-22-38/h1-34H. The molecule has 0 atom stereocenters. The molecular formula is C52H34N4. The summed E-state index contributed by atoms with van der Waals surface area (Å²) in [6, 6.07) is 71.3. The minimum atomic E-state index is 0.874. The molecule has 56 heavy (non-hydrogen) atoms. The van der Waals surface area contributed by atoms with Gasteiger partial charge in [0.2, 0.25) is 0 Å². The number of hydrogen-bond acceptors (Lipinski definition) is 2. The van der Waals surface area contributed by atoms with Crippen LogP contribution in [0.5, 0.6) is 0 Å². The van der Waals surface area contributed by atoms with E-state index in [-0.39, 0.29) is 0 Å². The highest BCUT2D eigenvalue weighted by atomic mass is 15.1. The van der Waals surface area contributed by atoms with Crippen LogP contribution in [0.15, 0.2) is 206 Å². The van der Waals surface area contributed by atoms with E-state index in [4.69, 9.17) is 9.97 Å². The Kier molecular flexibility index (Phi) is 7.46. The summed E-state index contributed by atoms with van der Waals surface area (Å²) in [6.07, 6.45) is 1.88. The molecule has 7 aromatic carbocycles. The predicted octanol–water partition coefficient (Wildman–Crippen LogP) is 13.3. The lowest BCUT2D eigenvalue weighted by atomic mass is 10.0. The van der Waals surface area contributed by atoms with Gasteiger partial charge in [0.05, 0.1) is 39.1 Å². The van der Waals surface area contributed by atoms with Crippen molar-refractivity contribution < 1.29 is 0 Å². The molecule has 11 rings (SSSR count). The van der Waals surface area contributed by atoms with Crippen LogP contribution in [0.2, 0.25) is 0 Å². The zero-order valence-corrected chi connectivity index (χ0v) is 30.4. The van der Waals surface area contributed by atoms with Crippen molar-refractivity contribution in [1.29, 1.82) is 0 Å². The van der Waals surface area contributed by atoms with Gasteiger partial charge in [-0.2, -0.15) is 0 Å². The first-order chi connectivity index (χ1) is 27.8. The van der Waals surface area contributed by atoms with Gasteiger partial charge in [-0.3, -0.25) is 4.57 Å². The van der Waals surface area contributed by atoms with Crippen molar-refractivity contribution in [1.82, 2.24) is 19.1 Å². The molecular weight excluding hydrogens is 681 g/mol. The Labute approximate surface area is 324 Å². The second kappa shape index (κ2) is 13.1. The van der Waals surface area contributed by atoms with Crippen LogP contribution in [-0.2, 0) is 0 Å². The molecule has 4 nitrogen and oxygen atoms in total. The van der Waals surface area contributed by atoms with Gasteiger partial charge in [0.15, 0.2) is 0 Å². The molecule has 11 aromatic rings. The summed E-state index contributed by atoms with van der Waals surface area (Å²) in [5.41, 5.74) is 14.2. The zero-order valence-electron chi connectivity index (χ0n) is 30.4. The fourth-order valence-corrected chi connectivity index (χ4v) is 8.37. The smallest absolute Gasteiger partial charge is 0.137 e. The van der Waals surface area contributed by atoms with Crippen molar-refractivity contribution in [2.45, 2.75) is 0 Å². The van der Waals surface area contributed by atoms with Crippen LogP contribution in [0.1, 0.15) is 0 Å². The van der Waals surface area contributed by atoms with E-state index in [0.717, 1.165) is 56.1 Å². The molecule has 0 bridgehead atoms. The maximum absolute atomic E-state index is 5.27. The van der Waals surface area contributed by atoms with Crippen molar-refractivity contribution in [2.24, 2.45) is 0 Å². The van der Waals surface area contributed by atoms with Crippen molar-refractivity contribution in [2.75, 3.05) is 0 Å². The third kappa shape index (κ3) is 5.23. The summed E-state index contributed by atoms with van der Waals surface area (Å²) in [5.74, 6) is 0.874. The summed E-state index contributed by atoms with van der Waals surface area (Å²) >= 11 is 0. The van der Waals surface area contributed by atoms with Crippen molar-refractivity contribution >= 4 is 43.6 Å². The summed E-state index contributed by atoms with van der Waals surface area (Å²) in [6.45, 7) is 0. The molecule has 0 unspecified atom stereocenters. The Morgan fingerprint density at radius 2 is 0.768 bits per heavy atom. The van der Waals surface area contributed by atoms with Gasteiger partial charge >= 0.3 is 0 Å². The van der Waals surface area contributed by atoms with E-state index >= 15 is 0 Å². The molecule has 0 saturated heterocycles. The maximum Gasteiger partial charge on any atom is 0.137 e. The number of rotatable bonds is 6. The first-order valence-corrected chi connectivity index (χ1v) is 19.0. The monoisotopic (exact) mass is 714 g/mol. The maximum atomic E-state index is 5.27. The van der Waals surface area contributed by atoms with E-state index in [1.54, 1.807) is 0 Å². The molecule has 0 amide bonds. The van der Waals surface area contributed by atoms with Crippen molar-refractivity contribution in [3.05, 3.63) is 206 Å². The minimum absolute atomic E-state index is 0.874. The Morgan fingerprint density at radius 3 is 1.25 bits per heavy atom. The number of fused-ring (bicyclic) bond motifs is 7. The Hall–Kier alpha value is -7.56. The van der Waals surface area contributed by atoms with E-state index < -0.39 is 0 Å². The van der Waals surface area contributed by atoms with Gasteiger partial charge in [-0.25, -0.2) is 9.97 Å². The molecule has 0 fully saturated rings. The molecule has 4 aromatic heterocycles. The van der Waals surface area contributed by atoms with Gasteiger partial charge in [-0.05, 0) is 70.8 Å². The molecule has 0 N–H and O–H groups in total. The van der Waals surface area contributed by atoms with Gasteiger partial charge < -0.3 is 4.57 Å². The van der Waals surface area contributed by atoms with Gasteiger partial charge in [0.25, 0.3) is 0 Å². The topological polar surface area (TPSA) is 35.6 Å². The number of nitrogens with zero attached hydrogens (tertiary/aromatic N) is 4. The molecule has 0 spiro atoms. The highest BCUT2D eigenvalue weighted by Gasteiger charge is 2.23. The van der Waals surface area contributed by atoms with E-state index in [9.17, 15) is 0 Å². The van der Waals surface area contributed by atoms with Gasteiger partial charge in [0.1, 0.15) is 5.82 Å². The second-order valence-electron chi connectivity index (χ2n) is 14.2. The molecule has 0 aliphatic heterocycles. The molecule has 0 aliphatic rings. The molecule has 0 saturated carbocycles. The van der Waals surface area contributed by atoms with Crippen LogP contribution in [0.3, 0.4) is 0 Å². The van der Waals surface area contributed by atoms with E-state index in [2.05, 4.69) is 203 Å². The first kappa shape index (κ1) is 31.9. The van der Waals surface area contributed by atoms with Crippen molar-refractivity contribution in [3.63, 3.8) is 0 Å². The normalized spacial score (nSPS) is 11.6. The Balaban J connectivity index is 1.31. The van der Waals surface area contributed by atoms with Crippen LogP contribution in [-0.4, -0.2) is 19.1 Å². The van der Waals surface area contributed by atoms with Gasteiger partial charge in [0, 0.05) is 38.9 Å². The first-order valence-electron chi connectivity index (χ1n) is 19.0. The summed E-state index contributed by atoms with van der Waals surface area (Å²) in [4.78, 5) is 10.2. The third-order valence-corrected chi connectivity index (χ3v) is 11.0. The molecule has 0 aliphatic carbocycles. The highest BCUT2D eigenvalue weighted by molar-refractivity contribution is 6.24. The lowest BCUT2D eigenvalue weighted by Crippen LogP contribution is -2.01. The van der Waals surface area contributed by atoms with Gasteiger partial charge in [-0.15, -0.1) is 0 Å². The summed E-state index contributed by atoms with van der Waals surface area (Å²) in [7, 11) is 0.